The summed E-state index contributed by atoms with van der Waals surface area (Å²) in [5.74, 6) is 0.523. The number of ether oxygens (including phenoxy) is 1. The molecule has 4 N–H and O–H groups in total. The maximum atomic E-state index is 13.3. The molecular weight excluding hydrogens is 440 g/mol. The summed E-state index contributed by atoms with van der Waals surface area (Å²) >= 11 is 0. The first-order valence-corrected chi connectivity index (χ1v) is 11.0. The van der Waals surface area contributed by atoms with Gasteiger partial charge in [0.1, 0.15) is 17.1 Å². The summed E-state index contributed by atoms with van der Waals surface area (Å²) in [6, 6.07) is 9.97. The average molecular weight is 462 g/mol. The molecule has 10 nitrogen and oxygen atoms in total. The van der Waals surface area contributed by atoms with Crippen LogP contribution in [0.4, 0.5) is 4.79 Å². The molecular formula is C24H22N4O6. The summed E-state index contributed by atoms with van der Waals surface area (Å²) in [4.78, 5) is 39.6. The molecule has 1 saturated heterocycles. The molecule has 10 heteroatoms. The zero-order chi connectivity index (χ0) is 23.6. The molecule has 6 rings (SSSR count). The van der Waals surface area contributed by atoms with E-state index in [0.717, 1.165) is 11.1 Å². The largest absolute Gasteiger partial charge is 0.497 e. The second-order valence-electron chi connectivity index (χ2n) is 8.78. The number of fused-ring (bicyclic) bond motifs is 4. The number of hydrogen-bond donors (Lipinski definition) is 4. The third kappa shape index (κ3) is 2.88. The number of aliphatic hydroxyl groups excluding tert-OH is 1. The van der Waals surface area contributed by atoms with E-state index in [-0.39, 0.29) is 24.1 Å². The Kier molecular flexibility index (Phi) is 4.37. The monoisotopic (exact) mass is 462 g/mol. The van der Waals surface area contributed by atoms with Crippen LogP contribution >= 0.6 is 0 Å². The van der Waals surface area contributed by atoms with Gasteiger partial charge in [0.25, 0.3) is 11.8 Å². The summed E-state index contributed by atoms with van der Waals surface area (Å²) in [5, 5.41) is 19.6. The molecule has 4 amide bonds. The highest BCUT2D eigenvalue weighted by Crippen LogP contribution is 2.37. The topological polar surface area (TPSA) is 133 Å². The lowest BCUT2D eigenvalue weighted by Crippen LogP contribution is -2.56. The van der Waals surface area contributed by atoms with Crippen LogP contribution in [0.1, 0.15) is 37.6 Å². The number of carbonyl (C=O) groups excluding carboxylic acids is 3. The van der Waals surface area contributed by atoms with Gasteiger partial charge in [-0.05, 0) is 47.9 Å². The lowest BCUT2D eigenvalue weighted by molar-refractivity contribution is 0.0332. The standard InChI is InChI=1S/C24H22N4O6/c1-33-14-3-4-15-12(8-14)6-7-28(21(15)30)11-24(22(31)26-23(32)27-24)18-9-16-17(34-18)5-2-13-10-25-20(29)19(13)16/h2-5,8-9,22,31H,6-7,10-11H2,1H3,(H,25,29)(H2,26,27,32)/t22?,24-/m0/s1. The Morgan fingerprint density at radius 2 is 2.03 bits per heavy atom. The fourth-order valence-corrected chi connectivity index (χ4v) is 5.10. The van der Waals surface area contributed by atoms with Gasteiger partial charge in [-0.3, -0.25) is 9.59 Å². The quantitative estimate of drug-likeness (QED) is 0.461. The van der Waals surface area contributed by atoms with Gasteiger partial charge in [-0.15, -0.1) is 0 Å². The Morgan fingerprint density at radius 1 is 1.18 bits per heavy atom. The molecule has 174 valence electrons. The zero-order valence-corrected chi connectivity index (χ0v) is 18.3. The van der Waals surface area contributed by atoms with Gasteiger partial charge in [-0.25, -0.2) is 4.79 Å². The van der Waals surface area contributed by atoms with Gasteiger partial charge in [-0.1, -0.05) is 6.07 Å². The van der Waals surface area contributed by atoms with Crippen molar-refractivity contribution in [2.45, 2.75) is 24.7 Å². The Hall–Kier alpha value is -4.05. The molecule has 2 atom stereocenters. The molecule has 3 aliphatic rings. The minimum atomic E-state index is -1.43. The van der Waals surface area contributed by atoms with E-state index in [4.69, 9.17) is 9.15 Å². The van der Waals surface area contributed by atoms with Crippen LogP contribution in [-0.4, -0.2) is 54.3 Å². The van der Waals surface area contributed by atoms with Crippen LogP contribution < -0.4 is 20.7 Å². The molecule has 0 aliphatic carbocycles. The van der Waals surface area contributed by atoms with Gasteiger partial charge in [0.2, 0.25) is 0 Å². The molecule has 1 unspecified atom stereocenters. The number of aliphatic hydroxyl groups is 1. The first-order valence-electron chi connectivity index (χ1n) is 11.0. The summed E-state index contributed by atoms with van der Waals surface area (Å²) < 4.78 is 11.3. The van der Waals surface area contributed by atoms with Gasteiger partial charge in [-0.2, -0.15) is 0 Å². The van der Waals surface area contributed by atoms with Crippen molar-refractivity contribution in [3.05, 3.63) is 64.4 Å². The molecule has 3 aliphatic heterocycles. The fraction of sp³-hybridized carbons (Fsp3) is 0.292. The number of benzene rings is 2. The normalized spacial score (nSPS) is 23.4. The highest BCUT2D eigenvalue weighted by atomic mass is 16.5. The van der Waals surface area contributed by atoms with E-state index in [1.54, 1.807) is 36.3 Å². The molecule has 0 radical (unpaired) electrons. The summed E-state index contributed by atoms with van der Waals surface area (Å²) in [7, 11) is 1.58. The molecule has 3 aromatic rings. The number of hydrogen-bond acceptors (Lipinski definition) is 6. The van der Waals surface area contributed by atoms with E-state index in [9.17, 15) is 19.5 Å². The van der Waals surface area contributed by atoms with Crippen molar-refractivity contribution in [1.82, 2.24) is 20.9 Å². The van der Waals surface area contributed by atoms with E-state index < -0.39 is 17.8 Å². The number of methoxy groups -OCH3 is 1. The third-order valence-corrected chi connectivity index (χ3v) is 6.89. The van der Waals surface area contributed by atoms with Crippen LogP contribution in [0.3, 0.4) is 0 Å². The van der Waals surface area contributed by atoms with Gasteiger partial charge in [0.15, 0.2) is 11.8 Å². The molecule has 0 spiro atoms. The number of nitrogens with one attached hydrogen (secondary N) is 3. The highest BCUT2D eigenvalue weighted by Gasteiger charge is 2.52. The lowest BCUT2D eigenvalue weighted by atomic mass is 9.91. The fourth-order valence-electron chi connectivity index (χ4n) is 5.10. The van der Waals surface area contributed by atoms with Crippen molar-refractivity contribution < 1.29 is 28.6 Å². The van der Waals surface area contributed by atoms with Crippen molar-refractivity contribution >= 4 is 28.8 Å². The van der Waals surface area contributed by atoms with Crippen LogP contribution in [-0.2, 0) is 18.5 Å². The minimum Gasteiger partial charge on any atom is -0.497 e. The Morgan fingerprint density at radius 3 is 2.79 bits per heavy atom. The van der Waals surface area contributed by atoms with Crippen molar-refractivity contribution in [3.63, 3.8) is 0 Å². The molecule has 2 aromatic carbocycles. The molecule has 0 saturated carbocycles. The SMILES string of the molecule is COc1ccc2c(c1)CCN(C[C@@]1(c3cc4c5c(ccc4o3)CNC5=O)NC(=O)NC1O)C2=O. The maximum absolute atomic E-state index is 13.3. The van der Waals surface area contributed by atoms with Crippen LogP contribution in [0.25, 0.3) is 11.0 Å². The van der Waals surface area contributed by atoms with Crippen LogP contribution in [0.2, 0.25) is 0 Å². The minimum absolute atomic E-state index is 0.0224. The second-order valence-corrected chi connectivity index (χ2v) is 8.78. The molecule has 0 bridgehead atoms. The van der Waals surface area contributed by atoms with Crippen molar-refractivity contribution in [2.75, 3.05) is 20.2 Å². The Bertz CT molecular complexity index is 1380. The summed E-state index contributed by atoms with van der Waals surface area (Å²) in [5.41, 5.74) is 1.83. The van der Waals surface area contributed by atoms with Crippen molar-refractivity contribution in [2.24, 2.45) is 0 Å². The number of urea groups is 1. The predicted octanol–water partition coefficient (Wildman–Crippen LogP) is 1.21. The average Bonchev–Trinajstić information content (AvgIpc) is 3.50. The van der Waals surface area contributed by atoms with Crippen LogP contribution in [0.5, 0.6) is 5.75 Å². The molecule has 1 aromatic heterocycles. The van der Waals surface area contributed by atoms with Crippen LogP contribution in [0, 0.1) is 0 Å². The van der Waals surface area contributed by atoms with Gasteiger partial charge in [0.05, 0.1) is 19.2 Å². The van der Waals surface area contributed by atoms with E-state index in [0.29, 0.717) is 47.4 Å². The zero-order valence-electron chi connectivity index (χ0n) is 18.3. The van der Waals surface area contributed by atoms with Gasteiger partial charge >= 0.3 is 6.03 Å². The molecule has 4 heterocycles. The van der Waals surface area contributed by atoms with Crippen LogP contribution in [0.15, 0.2) is 40.8 Å². The molecule has 34 heavy (non-hydrogen) atoms. The number of rotatable bonds is 4. The number of carbonyl (C=O) groups is 3. The highest BCUT2D eigenvalue weighted by molar-refractivity contribution is 6.09. The van der Waals surface area contributed by atoms with E-state index in [1.807, 2.05) is 12.1 Å². The van der Waals surface area contributed by atoms with E-state index in [2.05, 4.69) is 16.0 Å². The second kappa shape index (κ2) is 7.22. The maximum Gasteiger partial charge on any atom is 0.317 e. The number of nitrogens with zero attached hydrogens (tertiary/aromatic N) is 1. The summed E-state index contributed by atoms with van der Waals surface area (Å²) in [6.45, 7) is 0.802. The van der Waals surface area contributed by atoms with Gasteiger partial charge < -0.3 is 35.1 Å². The van der Waals surface area contributed by atoms with E-state index >= 15 is 0 Å². The van der Waals surface area contributed by atoms with Gasteiger partial charge in [0, 0.05) is 24.0 Å². The lowest BCUT2D eigenvalue weighted by Gasteiger charge is -2.37. The Balaban J connectivity index is 1.41. The predicted molar refractivity (Wildman–Crippen MR) is 119 cm³/mol. The number of amides is 4. The van der Waals surface area contributed by atoms with Crippen molar-refractivity contribution in [1.29, 1.82) is 0 Å². The summed E-state index contributed by atoms with van der Waals surface area (Å²) in [6.07, 6.45) is -0.757. The number of furan rings is 1. The molecule has 1 fully saturated rings. The third-order valence-electron chi connectivity index (χ3n) is 6.89. The first kappa shape index (κ1) is 20.5. The van der Waals surface area contributed by atoms with Crippen molar-refractivity contribution in [3.8, 4) is 5.75 Å². The van der Waals surface area contributed by atoms with E-state index in [1.165, 1.54) is 0 Å². The first-order chi connectivity index (χ1) is 16.4. The Labute approximate surface area is 193 Å². The smallest absolute Gasteiger partial charge is 0.317 e.